The molecule has 0 N–H and O–H groups in total. The van der Waals surface area contributed by atoms with Crippen LogP contribution in [0.4, 0.5) is 0 Å². The van der Waals surface area contributed by atoms with E-state index in [0.29, 0.717) is 17.3 Å². The van der Waals surface area contributed by atoms with E-state index in [0.717, 1.165) is 11.3 Å². The van der Waals surface area contributed by atoms with Gasteiger partial charge < -0.3 is 4.90 Å². The molecule has 0 saturated heterocycles. The van der Waals surface area contributed by atoms with Gasteiger partial charge in [0.2, 0.25) is 0 Å². The van der Waals surface area contributed by atoms with Crippen molar-refractivity contribution >= 4 is 17.5 Å². The third-order valence-electron chi connectivity index (χ3n) is 3.44. The number of nitrogens with zero attached hydrogens (tertiary/aromatic N) is 4. The van der Waals surface area contributed by atoms with Gasteiger partial charge >= 0.3 is 0 Å². The molecule has 3 aromatic rings. The monoisotopic (exact) mass is 326 g/mol. The Kier molecular flexibility index (Phi) is 4.39. The quantitative estimate of drug-likeness (QED) is 0.692. The molecule has 0 atom stereocenters. The third kappa shape index (κ3) is 3.40. The van der Waals surface area contributed by atoms with Crippen LogP contribution in [-0.4, -0.2) is 32.6 Å². The maximum Gasteiger partial charge on any atom is 0.256 e. The molecule has 0 bridgehead atoms. The van der Waals surface area contributed by atoms with Crippen molar-refractivity contribution in [1.29, 1.82) is 0 Å². The summed E-state index contributed by atoms with van der Waals surface area (Å²) in [6.07, 6.45) is 5.17. The zero-order chi connectivity index (χ0) is 16.2. The smallest absolute Gasteiger partial charge is 0.256 e. The number of halogens is 1. The first kappa shape index (κ1) is 15.2. The molecule has 0 aliphatic carbocycles. The Labute approximate surface area is 139 Å². The fourth-order valence-corrected chi connectivity index (χ4v) is 2.43. The normalized spacial score (nSPS) is 10.5. The molecule has 0 radical (unpaired) electrons. The van der Waals surface area contributed by atoms with E-state index in [1.807, 2.05) is 36.5 Å². The Morgan fingerprint density at radius 2 is 2.04 bits per heavy atom. The summed E-state index contributed by atoms with van der Waals surface area (Å²) in [5.74, 6) is -0.0777. The highest BCUT2D eigenvalue weighted by Gasteiger charge is 2.17. The molecule has 0 unspecified atom stereocenters. The first-order chi connectivity index (χ1) is 11.1. The molecule has 6 heteroatoms. The minimum Gasteiger partial charge on any atom is -0.337 e. The van der Waals surface area contributed by atoms with Crippen molar-refractivity contribution in [3.05, 3.63) is 77.3 Å². The average Bonchev–Trinajstić information content (AvgIpc) is 3.10. The van der Waals surface area contributed by atoms with Crippen LogP contribution in [0, 0.1) is 0 Å². The van der Waals surface area contributed by atoms with Gasteiger partial charge in [-0.15, -0.1) is 0 Å². The zero-order valence-electron chi connectivity index (χ0n) is 12.6. The lowest BCUT2D eigenvalue weighted by molar-refractivity contribution is 0.0785. The Bertz CT molecular complexity index is 800. The standard InChI is InChI=1S/C17H15ClN4O/c1-21(12-13-7-8-16(18)19-11-13)17(23)14-5-2-3-6-15(14)22-10-4-9-20-22/h2-11H,12H2,1H3. The fourth-order valence-electron chi connectivity index (χ4n) is 2.32. The second-order valence-electron chi connectivity index (χ2n) is 5.12. The highest BCUT2D eigenvalue weighted by molar-refractivity contribution is 6.29. The Balaban J connectivity index is 1.84. The summed E-state index contributed by atoms with van der Waals surface area (Å²) in [6.45, 7) is 0.455. The number of hydrogen-bond acceptors (Lipinski definition) is 3. The van der Waals surface area contributed by atoms with Gasteiger partial charge in [-0.1, -0.05) is 29.8 Å². The summed E-state index contributed by atoms with van der Waals surface area (Å²) >= 11 is 5.78. The molecule has 0 fully saturated rings. The van der Waals surface area contributed by atoms with Crippen LogP contribution >= 0.6 is 11.6 Å². The van der Waals surface area contributed by atoms with E-state index in [1.54, 1.807) is 41.2 Å². The molecular weight excluding hydrogens is 312 g/mol. The minimum absolute atomic E-state index is 0.0777. The second-order valence-corrected chi connectivity index (χ2v) is 5.51. The molecule has 3 rings (SSSR count). The number of carbonyl (C=O) groups excluding carboxylic acids is 1. The maximum atomic E-state index is 12.8. The first-order valence-electron chi connectivity index (χ1n) is 7.10. The number of hydrogen-bond donors (Lipinski definition) is 0. The van der Waals surface area contributed by atoms with E-state index in [9.17, 15) is 4.79 Å². The second kappa shape index (κ2) is 6.62. The zero-order valence-corrected chi connectivity index (χ0v) is 13.3. The molecule has 1 amide bonds. The van der Waals surface area contributed by atoms with Crippen molar-refractivity contribution in [2.45, 2.75) is 6.54 Å². The van der Waals surface area contributed by atoms with Crippen molar-refractivity contribution in [3.8, 4) is 5.69 Å². The summed E-state index contributed by atoms with van der Waals surface area (Å²) in [7, 11) is 1.76. The molecule has 2 aromatic heterocycles. The van der Waals surface area contributed by atoms with Crippen LogP contribution in [0.1, 0.15) is 15.9 Å². The molecular formula is C17H15ClN4O. The Hall–Kier alpha value is -2.66. The number of benzene rings is 1. The lowest BCUT2D eigenvalue weighted by Gasteiger charge is -2.19. The van der Waals surface area contributed by atoms with Gasteiger partial charge in [0.15, 0.2) is 0 Å². The molecule has 23 heavy (non-hydrogen) atoms. The molecule has 0 aliphatic heterocycles. The molecule has 0 saturated carbocycles. The van der Waals surface area contributed by atoms with Gasteiger partial charge in [0.1, 0.15) is 5.15 Å². The lowest BCUT2D eigenvalue weighted by Crippen LogP contribution is -2.27. The molecule has 116 valence electrons. The van der Waals surface area contributed by atoms with E-state index in [1.165, 1.54) is 0 Å². The highest BCUT2D eigenvalue weighted by atomic mass is 35.5. The number of carbonyl (C=O) groups is 1. The van der Waals surface area contributed by atoms with Gasteiger partial charge in [-0.25, -0.2) is 9.67 Å². The van der Waals surface area contributed by atoms with Crippen LogP contribution in [-0.2, 0) is 6.54 Å². The summed E-state index contributed by atoms with van der Waals surface area (Å²) in [6, 6.07) is 12.8. The Morgan fingerprint density at radius 3 is 2.74 bits per heavy atom. The maximum absolute atomic E-state index is 12.8. The lowest BCUT2D eigenvalue weighted by atomic mass is 10.1. The van der Waals surface area contributed by atoms with Gasteiger partial charge in [-0.05, 0) is 29.8 Å². The molecule has 0 aliphatic rings. The van der Waals surface area contributed by atoms with Crippen LogP contribution < -0.4 is 0 Å². The van der Waals surface area contributed by atoms with Crippen molar-refractivity contribution in [3.63, 3.8) is 0 Å². The van der Waals surface area contributed by atoms with E-state index in [4.69, 9.17) is 11.6 Å². The number of para-hydroxylation sites is 1. The van der Waals surface area contributed by atoms with Gasteiger partial charge in [0.25, 0.3) is 5.91 Å². The van der Waals surface area contributed by atoms with Gasteiger partial charge in [-0.3, -0.25) is 4.79 Å². The van der Waals surface area contributed by atoms with Crippen molar-refractivity contribution < 1.29 is 4.79 Å². The predicted molar refractivity (Wildman–Crippen MR) is 88.6 cm³/mol. The number of rotatable bonds is 4. The van der Waals surface area contributed by atoms with Crippen LogP contribution in [0.25, 0.3) is 5.69 Å². The summed E-state index contributed by atoms with van der Waals surface area (Å²) in [5.41, 5.74) is 2.27. The highest BCUT2D eigenvalue weighted by Crippen LogP contribution is 2.16. The van der Waals surface area contributed by atoms with Gasteiger partial charge in [-0.2, -0.15) is 5.10 Å². The largest absolute Gasteiger partial charge is 0.337 e. The van der Waals surface area contributed by atoms with Crippen LogP contribution in [0.2, 0.25) is 5.15 Å². The number of pyridine rings is 1. The molecule has 0 spiro atoms. The fraction of sp³-hybridized carbons (Fsp3) is 0.118. The summed E-state index contributed by atoms with van der Waals surface area (Å²) < 4.78 is 1.69. The molecule has 1 aromatic carbocycles. The van der Waals surface area contributed by atoms with Gasteiger partial charge in [0.05, 0.1) is 11.3 Å². The number of amides is 1. The molecule has 2 heterocycles. The topological polar surface area (TPSA) is 51.0 Å². The van der Waals surface area contributed by atoms with E-state index >= 15 is 0 Å². The summed E-state index contributed by atoms with van der Waals surface area (Å²) in [5, 5.41) is 4.64. The predicted octanol–water partition coefficient (Wildman–Crippen LogP) is 3.19. The molecule has 5 nitrogen and oxygen atoms in total. The Morgan fingerprint density at radius 1 is 1.22 bits per heavy atom. The van der Waals surface area contributed by atoms with Crippen LogP contribution in [0.5, 0.6) is 0 Å². The van der Waals surface area contributed by atoms with E-state index in [-0.39, 0.29) is 5.91 Å². The first-order valence-corrected chi connectivity index (χ1v) is 7.48. The van der Waals surface area contributed by atoms with Crippen LogP contribution in [0.3, 0.4) is 0 Å². The number of aromatic nitrogens is 3. The van der Waals surface area contributed by atoms with E-state index in [2.05, 4.69) is 10.1 Å². The van der Waals surface area contributed by atoms with Gasteiger partial charge in [0, 0.05) is 32.2 Å². The van der Waals surface area contributed by atoms with Crippen molar-refractivity contribution in [2.75, 3.05) is 7.05 Å². The van der Waals surface area contributed by atoms with Crippen molar-refractivity contribution in [2.24, 2.45) is 0 Å². The van der Waals surface area contributed by atoms with Crippen LogP contribution in [0.15, 0.2) is 61.1 Å². The van der Waals surface area contributed by atoms with Crippen molar-refractivity contribution in [1.82, 2.24) is 19.7 Å². The minimum atomic E-state index is -0.0777. The summed E-state index contributed by atoms with van der Waals surface area (Å²) in [4.78, 5) is 18.5. The average molecular weight is 327 g/mol. The van der Waals surface area contributed by atoms with E-state index < -0.39 is 0 Å². The third-order valence-corrected chi connectivity index (χ3v) is 3.66. The SMILES string of the molecule is CN(Cc1ccc(Cl)nc1)C(=O)c1ccccc1-n1cccn1.